The molecule has 1 aromatic heterocycles. The lowest BCUT2D eigenvalue weighted by atomic mass is 10.3. The molecule has 2 aromatic rings. The number of hydrogen-bond donors (Lipinski definition) is 0. The maximum Gasteiger partial charge on any atom is 0.284 e. The van der Waals surface area contributed by atoms with Crippen LogP contribution in [-0.4, -0.2) is 30.9 Å². The van der Waals surface area contributed by atoms with Gasteiger partial charge < -0.3 is 4.42 Å². The summed E-state index contributed by atoms with van der Waals surface area (Å²) in [7, 11) is -3.95. The normalized spacial score (nSPS) is 18.0. The van der Waals surface area contributed by atoms with E-state index in [0.29, 0.717) is 10.7 Å². The van der Waals surface area contributed by atoms with Crippen molar-refractivity contribution in [2.75, 3.05) is 6.54 Å². The van der Waals surface area contributed by atoms with Crippen molar-refractivity contribution in [1.29, 1.82) is 0 Å². The van der Waals surface area contributed by atoms with Gasteiger partial charge in [0.15, 0.2) is 5.17 Å². The molecule has 1 amide bonds. The number of nitrogens with zero attached hydrogens (tertiary/aromatic N) is 2. The lowest BCUT2D eigenvalue weighted by Crippen LogP contribution is -2.29. The molecule has 6 nitrogen and oxygen atoms in total. The fourth-order valence-electron chi connectivity index (χ4n) is 2.13. The monoisotopic (exact) mass is 452 g/mol. The molecule has 0 radical (unpaired) electrons. The molecular weight excluding hydrogens is 440 g/mol. The molecule has 0 bridgehead atoms. The average Bonchev–Trinajstić information content (AvgIpc) is 3.20. The summed E-state index contributed by atoms with van der Waals surface area (Å²) in [4.78, 5) is 14.2. The number of rotatable bonds is 5. The number of carbonyl (C=O) groups excluding carboxylic acids is 1. The van der Waals surface area contributed by atoms with Crippen LogP contribution in [0.2, 0.25) is 0 Å². The number of amidine groups is 1. The van der Waals surface area contributed by atoms with Gasteiger partial charge in [-0.15, -0.1) is 11.0 Å². The van der Waals surface area contributed by atoms with Gasteiger partial charge in [0, 0.05) is 17.1 Å². The molecular formula is C17H13BrN2O4S2. The van der Waals surface area contributed by atoms with Crippen molar-refractivity contribution in [2.24, 2.45) is 4.40 Å². The maximum atomic E-state index is 12.6. The Kier molecular flexibility index (Phi) is 5.49. The number of carbonyl (C=O) groups is 1. The van der Waals surface area contributed by atoms with Crippen LogP contribution in [0.25, 0.3) is 6.08 Å². The Labute approximate surface area is 163 Å². The predicted octanol–water partition coefficient (Wildman–Crippen LogP) is 3.89. The lowest BCUT2D eigenvalue weighted by molar-refractivity contribution is -0.121. The summed E-state index contributed by atoms with van der Waals surface area (Å²) in [5.41, 5.74) is 0. The van der Waals surface area contributed by atoms with E-state index in [4.69, 9.17) is 4.42 Å². The van der Waals surface area contributed by atoms with Crippen molar-refractivity contribution in [3.63, 3.8) is 0 Å². The van der Waals surface area contributed by atoms with Crippen molar-refractivity contribution in [3.8, 4) is 0 Å². The van der Waals surface area contributed by atoms with Crippen molar-refractivity contribution in [3.05, 3.63) is 70.5 Å². The van der Waals surface area contributed by atoms with Gasteiger partial charge in [0.05, 0.1) is 16.1 Å². The highest BCUT2D eigenvalue weighted by atomic mass is 79.9. The van der Waals surface area contributed by atoms with E-state index in [-0.39, 0.29) is 22.5 Å². The first-order valence-electron chi connectivity index (χ1n) is 7.37. The Morgan fingerprint density at radius 3 is 2.62 bits per heavy atom. The summed E-state index contributed by atoms with van der Waals surface area (Å²) < 4.78 is 35.0. The van der Waals surface area contributed by atoms with Crippen LogP contribution in [0.4, 0.5) is 0 Å². The molecule has 0 N–H and O–H groups in total. The molecule has 1 aromatic carbocycles. The second kappa shape index (κ2) is 7.65. The fourth-order valence-corrected chi connectivity index (χ4v) is 4.57. The Balaban J connectivity index is 1.98. The molecule has 134 valence electrons. The van der Waals surface area contributed by atoms with Gasteiger partial charge >= 0.3 is 0 Å². The van der Waals surface area contributed by atoms with Crippen LogP contribution in [-0.2, 0) is 14.8 Å². The number of amides is 1. The highest BCUT2D eigenvalue weighted by molar-refractivity contribution is 9.10. The van der Waals surface area contributed by atoms with Crippen LogP contribution in [0.3, 0.4) is 0 Å². The van der Waals surface area contributed by atoms with Gasteiger partial charge in [0.25, 0.3) is 15.9 Å². The minimum atomic E-state index is -3.95. The number of hydrogen-bond acceptors (Lipinski definition) is 5. The number of sulfonamides is 1. The average molecular weight is 453 g/mol. The van der Waals surface area contributed by atoms with Crippen molar-refractivity contribution in [1.82, 2.24) is 4.90 Å². The molecule has 0 saturated carbocycles. The highest BCUT2D eigenvalue weighted by Gasteiger charge is 2.34. The molecule has 1 saturated heterocycles. The van der Waals surface area contributed by atoms with E-state index in [2.05, 4.69) is 26.9 Å². The number of halogens is 1. The minimum Gasteiger partial charge on any atom is -0.465 e. The molecule has 0 aliphatic carbocycles. The van der Waals surface area contributed by atoms with Gasteiger partial charge in [-0.2, -0.15) is 8.42 Å². The zero-order valence-electron chi connectivity index (χ0n) is 13.3. The van der Waals surface area contributed by atoms with Crippen LogP contribution in [0.1, 0.15) is 5.76 Å². The van der Waals surface area contributed by atoms with Crippen LogP contribution in [0.15, 0.2) is 78.4 Å². The zero-order chi connectivity index (χ0) is 18.7. The Morgan fingerprint density at radius 2 is 2.00 bits per heavy atom. The molecule has 1 fully saturated rings. The largest absolute Gasteiger partial charge is 0.465 e. The summed E-state index contributed by atoms with van der Waals surface area (Å²) >= 11 is 4.24. The standard InChI is InChI=1S/C17H13BrN2O4S2/c1-2-9-20-16(21)15(11-13-4-3-10-24-13)25-17(20)19-26(22,23)14-7-5-12(18)6-8-14/h2-8,10-11H,1,9H2/b15-11-,19-17+. The van der Waals surface area contributed by atoms with Gasteiger partial charge in [-0.25, -0.2) is 0 Å². The van der Waals surface area contributed by atoms with Crippen molar-refractivity contribution in [2.45, 2.75) is 4.90 Å². The van der Waals surface area contributed by atoms with Crippen LogP contribution in [0, 0.1) is 0 Å². The first-order valence-corrected chi connectivity index (χ1v) is 10.4. The van der Waals surface area contributed by atoms with E-state index in [9.17, 15) is 13.2 Å². The number of benzene rings is 1. The first kappa shape index (κ1) is 18.7. The smallest absolute Gasteiger partial charge is 0.284 e. The number of thioether (sulfide) groups is 1. The topological polar surface area (TPSA) is 80.0 Å². The highest BCUT2D eigenvalue weighted by Crippen LogP contribution is 2.33. The first-order chi connectivity index (χ1) is 12.4. The second-order valence-electron chi connectivity index (χ2n) is 5.13. The lowest BCUT2D eigenvalue weighted by Gasteiger charge is -2.12. The third-order valence-corrected chi connectivity index (χ3v) is 6.26. The van der Waals surface area contributed by atoms with E-state index in [0.717, 1.165) is 16.2 Å². The zero-order valence-corrected chi connectivity index (χ0v) is 16.6. The molecule has 3 rings (SSSR count). The Morgan fingerprint density at radius 1 is 1.27 bits per heavy atom. The Bertz CT molecular complexity index is 994. The van der Waals surface area contributed by atoms with E-state index in [1.165, 1.54) is 29.4 Å². The van der Waals surface area contributed by atoms with E-state index in [1.54, 1.807) is 30.3 Å². The van der Waals surface area contributed by atoms with Crippen LogP contribution < -0.4 is 0 Å². The summed E-state index contributed by atoms with van der Waals surface area (Å²) in [5.74, 6) is 0.146. The van der Waals surface area contributed by atoms with Gasteiger partial charge in [0.1, 0.15) is 5.76 Å². The van der Waals surface area contributed by atoms with Crippen LogP contribution in [0.5, 0.6) is 0 Å². The molecule has 0 atom stereocenters. The number of furan rings is 1. The van der Waals surface area contributed by atoms with Gasteiger partial charge in [0.2, 0.25) is 0 Å². The van der Waals surface area contributed by atoms with E-state index < -0.39 is 10.0 Å². The third kappa shape index (κ3) is 4.00. The molecule has 1 aliphatic rings. The van der Waals surface area contributed by atoms with Crippen LogP contribution >= 0.6 is 27.7 Å². The SMILES string of the molecule is C=CCN1C(=O)/C(=C/c2ccco2)S/C1=N/S(=O)(=O)c1ccc(Br)cc1. The van der Waals surface area contributed by atoms with E-state index in [1.807, 2.05) is 0 Å². The molecule has 0 spiro atoms. The second-order valence-corrected chi connectivity index (χ2v) is 8.66. The molecule has 26 heavy (non-hydrogen) atoms. The van der Waals surface area contributed by atoms with E-state index >= 15 is 0 Å². The predicted molar refractivity (Wildman–Crippen MR) is 105 cm³/mol. The van der Waals surface area contributed by atoms with Crippen molar-refractivity contribution >= 4 is 54.9 Å². The van der Waals surface area contributed by atoms with Crippen molar-refractivity contribution < 1.29 is 17.6 Å². The summed E-state index contributed by atoms with van der Waals surface area (Å²) in [5, 5.41) is 0.0793. The quantitative estimate of drug-likeness (QED) is 0.507. The molecule has 1 aliphatic heterocycles. The minimum absolute atomic E-state index is 0.0447. The molecule has 9 heteroatoms. The summed E-state index contributed by atoms with van der Waals surface area (Å²) in [6, 6.07) is 9.52. The summed E-state index contributed by atoms with van der Waals surface area (Å²) in [6.45, 7) is 3.76. The van der Waals surface area contributed by atoms with Gasteiger partial charge in [-0.05, 0) is 48.2 Å². The molecule has 2 heterocycles. The van der Waals surface area contributed by atoms with Gasteiger partial charge in [-0.1, -0.05) is 22.0 Å². The van der Waals surface area contributed by atoms with Gasteiger partial charge in [-0.3, -0.25) is 9.69 Å². The third-order valence-electron chi connectivity index (χ3n) is 3.33. The maximum absolute atomic E-state index is 12.6. The fraction of sp³-hybridized carbons (Fsp3) is 0.0588. The molecule has 0 unspecified atom stereocenters. The summed E-state index contributed by atoms with van der Waals surface area (Å²) in [6.07, 6.45) is 4.55. The Hall–Kier alpha value is -2.10.